The van der Waals surface area contributed by atoms with Crippen LogP contribution in [0.1, 0.15) is 113 Å². The largest absolute Gasteiger partial charge is 0.459 e. The number of carbonyl (C=O) groups excluding carboxylic acids is 1. The second-order valence-corrected chi connectivity index (χ2v) is 25.4. The van der Waals surface area contributed by atoms with E-state index in [2.05, 4.69) is 48.5 Å². The highest BCUT2D eigenvalue weighted by Crippen LogP contribution is 2.76. The van der Waals surface area contributed by atoms with E-state index in [0.717, 1.165) is 44.9 Å². The molecule has 0 amide bonds. The number of allylic oxidation sites excluding steroid dienone is 1. The molecular formula is C54H88O22. The molecule has 0 radical (unpaired) electrons. The topological polar surface area (TPSA) is 332 Å². The number of esters is 1. The van der Waals surface area contributed by atoms with E-state index in [1.165, 1.54) is 19.6 Å². The zero-order chi connectivity index (χ0) is 55.4. The van der Waals surface area contributed by atoms with Crippen molar-refractivity contribution < 1.29 is 108 Å². The molecule has 1 spiro atoms. The Balaban J connectivity index is 0.943. The number of hydrogen-bond acceptors (Lipinski definition) is 22. The smallest absolute Gasteiger partial charge is 0.316 e. The predicted molar refractivity (Wildman–Crippen MR) is 262 cm³/mol. The Morgan fingerprint density at radius 1 is 0.658 bits per heavy atom. The van der Waals surface area contributed by atoms with Crippen molar-refractivity contribution in [1.29, 1.82) is 0 Å². The minimum atomic E-state index is -1.90. The zero-order valence-electron chi connectivity index (χ0n) is 45.4. The Morgan fingerprint density at radius 3 is 1.92 bits per heavy atom. The SMILES string of the molecule is CO[C@@H]1[C@H](O)[C@H](O[C@H]2[C@@H](O)[C@H](CO)O[C@H](O[C@@H]3CO[C@H](O[C@H]4CC[C@@]5(C)C6=C[C@@H](O)[C@@]78C(=O)O[C@@](C)(CCCC(C)C)[C@@H]7CC[C@]8(C)[C@@H]6CC[C@@H]5C4(C)C)[C@@H](O[C@H]4O[C@@H](C)[C@H](O)[C@H](O)[C@@H]4O)[C@@H]3O)[C@@H]2O)O[C@H](CO)[C@@H]1O. The minimum Gasteiger partial charge on any atom is -0.459 e. The van der Waals surface area contributed by atoms with Gasteiger partial charge in [-0.15, -0.1) is 0 Å². The molecule has 22 heteroatoms. The van der Waals surface area contributed by atoms with Crippen molar-refractivity contribution >= 4 is 5.97 Å². The molecule has 22 nitrogen and oxygen atoms in total. The molecule has 28 atom stereocenters. The Kier molecular flexibility index (Phi) is 17.1. The summed E-state index contributed by atoms with van der Waals surface area (Å²) in [6.07, 6.45) is -22.1. The van der Waals surface area contributed by atoms with Gasteiger partial charge >= 0.3 is 5.97 Å². The van der Waals surface area contributed by atoms with Gasteiger partial charge in [-0.05, 0) is 99.2 Å². The molecule has 3 saturated carbocycles. The fourth-order valence-corrected chi connectivity index (χ4v) is 16.2. The summed E-state index contributed by atoms with van der Waals surface area (Å²) in [6.45, 7) is 14.8. The molecule has 9 rings (SSSR count). The molecule has 0 unspecified atom stereocenters. The van der Waals surface area contributed by atoms with Gasteiger partial charge in [0.15, 0.2) is 25.2 Å². The van der Waals surface area contributed by atoms with Crippen LogP contribution < -0.4 is 0 Å². The molecule has 9 aliphatic rings. The van der Waals surface area contributed by atoms with Gasteiger partial charge in [-0.2, -0.15) is 0 Å². The van der Waals surface area contributed by atoms with Crippen LogP contribution >= 0.6 is 0 Å². The molecule has 11 N–H and O–H groups in total. The summed E-state index contributed by atoms with van der Waals surface area (Å²) in [6, 6.07) is 0. The maximum absolute atomic E-state index is 14.5. The summed E-state index contributed by atoms with van der Waals surface area (Å²) in [7, 11) is 1.21. The second kappa shape index (κ2) is 22.0. The maximum atomic E-state index is 14.5. The molecule has 4 aliphatic carbocycles. The summed E-state index contributed by atoms with van der Waals surface area (Å²) in [5.41, 5.74) is -2.03. The van der Waals surface area contributed by atoms with Crippen LogP contribution in [0.3, 0.4) is 0 Å². The molecule has 0 aromatic heterocycles. The monoisotopic (exact) mass is 1090 g/mol. The molecule has 76 heavy (non-hydrogen) atoms. The van der Waals surface area contributed by atoms with Crippen LogP contribution in [-0.4, -0.2) is 224 Å². The van der Waals surface area contributed by atoms with E-state index in [1.54, 1.807) is 0 Å². The highest BCUT2D eigenvalue weighted by atomic mass is 16.8. The summed E-state index contributed by atoms with van der Waals surface area (Å²) in [4.78, 5) is 14.5. The number of ether oxygens (including phenoxy) is 10. The van der Waals surface area contributed by atoms with Crippen LogP contribution in [0.4, 0.5) is 0 Å². The molecule has 0 aromatic rings. The molecule has 0 bridgehead atoms. The lowest BCUT2D eigenvalue weighted by molar-refractivity contribution is -0.388. The zero-order valence-corrected chi connectivity index (χ0v) is 45.4. The van der Waals surface area contributed by atoms with Crippen molar-refractivity contribution in [2.45, 2.75) is 248 Å². The van der Waals surface area contributed by atoms with E-state index >= 15 is 0 Å². The summed E-state index contributed by atoms with van der Waals surface area (Å²) in [5, 5.41) is 122. The van der Waals surface area contributed by atoms with Gasteiger partial charge in [0, 0.05) is 13.0 Å². The van der Waals surface area contributed by atoms with Crippen LogP contribution in [0, 0.1) is 45.3 Å². The summed E-state index contributed by atoms with van der Waals surface area (Å²) < 4.78 is 60.5. The number of rotatable bonds is 15. The first-order valence-electron chi connectivity index (χ1n) is 27.8. The number of cyclic esters (lactones) is 1. The molecule has 5 heterocycles. The number of aliphatic hydroxyl groups excluding tert-OH is 11. The van der Waals surface area contributed by atoms with E-state index in [0.29, 0.717) is 18.8 Å². The minimum absolute atomic E-state index is 0.0140. The molecular weight excluding hydrogens is 1000 g/mol. The fourth-order valence-electron chi connectivity index (χ4n) is 16.2. The van der Waals surface area contributed by atoms with Gasteiger partial charge in [0.25, 0.3) is 0 Å². The van der Waals surface area contributed by atoms with Gasteiger partial charge < -0.3 is 104 Å². The van der Waals surface area contributed by atoms with Crippen LogP contribution in [0.2, 0.25) is 0 Å². The first-order valence-corrected chi connectivity index (χ1v) is 27.8. The van der Waals surface area contributed by atoms with Gasteiger partial charge in [-0.3, -0.25) is 4.79 Å². The second-order valence-electron chi connectivity index (χ2n) is 25.4. The average molecular weight is 1090 g/mol. The standard InChI is InChI=1S/C54H88O22/c1-23(2)11-10-16-53(8)31-14-18-52(7)25-12-13-30-50(4,5)33(15-17-51(30,6)26(25)19-32(57)54(31,52)49(66)76-53)73-48-44(75-45-39(63)38(62)34(58)24(3)69-45)37(61)29(22-68-48)72-46-41(65)43(36(60)28(21-56)70-46)74-47-40(64)42(67-9)35(59)27(20-55)71-47/h19,23-25,27-48,55-65H,10-18,20-22H2,1-9H3/t24-,25+,27+,28-,29+,30+,31-,32+,33-,34-,35-,36-,37+,38-,39-,40-,41+,42-,43-,44-,45+,46+,47-,48+,51-,52+,53-,54+/m0/s1. The van der Waals surface area contributed by atoms with Crippen molar-refractivity contribution in [2.24, 2.45) is 45.3 Å². The van der Waals surface area contributed by atoms with Crippen molar-refractivity contribution in [2.75, 3.05) is 26.9 Å². The van der Waals surface area contributed by atoms with E-state index < -0.39 is 176 Å². The van der Waals surface area contributed by atoms with Crippen LogP contribution in [0.15, 0.2) is 11.6 Å². The van der Waals surface area contributed by atoms with Crippen LogP contribution in [0.5, 0.6) is 0 Å². The normalized spacial score (nSPS) is 53.1. The predicted octanol–water partition coefficient (Wildman–Crippen LogP) is -0.337. The van der Waals surface area contributed by atoms with E-state index in [1.807, 2.05) is 6.08 Å². The third-order valence-corrected chi connectivity index (χ3v) is 20.4. The number of carbonyl (C=O) groups is 1. The van der Waals surface area contributed by atoms with Crippen molar-refractivity contribution in [1.82, 2.24) is 0 Å². The highest BCUT2D eigenvalue weighted by molar-refractivity contribution is 5.84. The van der Waals surface area contributed by atoms with Crippen molar-refractivity contribution in [3.8, 4) is 0 Å². The van der Waals surface area contributed by atoms with Gasteiger partial charge in [0.05, 0.1) is 38.1 Å². The number of aliphatic hydroxyl groups is 11. The third kappa shape index (κ3) is 9.47. The summed E-state index contributed by atoms with van der Waals surface area (Å²) >= 11 is 0. The Bertz CT molecular complexity index is 2060. The van der Waals surface area contributed by atoms with E-state index in [-0.39, 0.29) is 23.7 Å². The lowest BCUT2D eigenvalue weighted by Gasteiger charge is -2.64. The third-order valence-electron chi connectivity index (χ3n) is 20.4. The van der Waals surface area contributed by atoms with E-state index in [9.17, 15) is 61.0 Å². The van der Waals surface area contributed by atoms with Gasteiger partial charge in [0.2, 0.25) is 0 Å². The fraction of sp³-hybridized carbons (Fsp3) is 0.944. The number of hydrogen-bond donors (Lipinski definition) is 11. The Morgan fingerprint density at radius 2 is 1.28 bits per heavy atom. The highest BCUT2D eigenvalue weighted by Gasteiger charge is 2.79. The average Bonchev–Trinajstić information content (AvgIpc) is 4.06. The Labute approximate surface area is 444 Å². The first-order chi connectivity index (χ1) is 35.7. The van der Waals surface area contributed by atoms with Gasteiger partial charge in [-0.1, -0.05) is 59.6 Å². The quantitative estimate of drug-likeness (QED) is 0.0568. The van der Waals surface area contributed by atoms with Crippen LogP contribution in [-0.2, 0) is 52.2 Å². The maximum Gasteiger partial charge on any atom is 0.316 e. The van der Waals surface area contributed by atoms with Gasteiger partial charge in [0.1, 0.15) is 96.5 Å². The molecule has 0 aromatic carbocycles. The molecule has 5 aliphatic heterocycles. The molecule has 8 fully saturated rings. The lowest BCUT2D eigenvalue weighted by Crippen LogP contribution is -2.66. The molecule has 5 saturated heterocycles. The first kappa shape index (κ1) is 59.0. The Hall–Kier alpha value is -1.59. The van der Waals surface area contributed by atoms with Crippen molar-refractivity contribution in [3.63, 3.8) is 0 Å². The number of methoxy groups -OCH3 is 1. The van der Waals surface area contributed by atoms with E-state index in [4.69, 9.17) is 47.4 Å². The van der Waals surface area contributed by atoms with Crippen LogP contribution in [0.25, 0.3) is 0 Å². The van der Waals surface area contributed by atoms with Crippen molar-refractivity contribution in [3.05, 3.63) is 11.6 Å². The molecule has 436 valence electrons. The number of fused-ring (bicyclic) bond motifs is 4. The lowest BCUT2D eigenvalue weighted by atomic mass is 9.40. The summed E-state index contributed by atoms with van der Waals surface area (Å²) in [5.74, 6) is 0.196. The van der Waals surface area contributed by atoms with Gasteiger partial charge in [-0.25, -0.2) is 0 Å².